The van der Waals surface area contributed by atoms with E-state index in [2.05, 4.69) is 19.2 Å². The molecular weight excluding hydrogens is 440 g/mol. The Bertz CT molecular complexity index is 1050. The van der Waals surface area contributed by atoms with E-state index < -0.39 is 16.1 Å². The molecule has 33 heavy (non-hydrogen) atoms. The Kier molecular flexibility index (Phi) is 8.24. The summed E-state index contributed by atoms with van der Waals surface area (Å²) in [5, 5.41) is 2.98. The molecule has 0 spiro atoms. The van der Waals surface area contributed by atoms with Crippen LogP contribution in [0, 0.1) is 12.8 Å². The Morgan fingerprint density at radius 2 is 1.94 bits per heavy atom. The summed E-state index contributed by atoms with van der Waals surface area (Å²) in [6.45, 7) is 6.62. The van der Waals surface area contributed by atoms with Crippen molar-refractivity contribution in [1.29, 1.82) is 0 Å². The maximum absolute atomic E-state index is 13.6. The predicted molar refractivity (Wildman–Crippen MR) is 129 cm³/mol. The number of rotatable bonds is 10. The van der Waals surface area contributed by atoms with Crippen molar-refractivity contribution in [1.82, 2.24) is 5.32 Å². The van der Waals surface area contributed by atoms with Crippen molar-refractivity contribution in [3.05, 3.63) is 48.0 Å². The molecule has 0 saturated heterocycles. The highest BCUT2D eigenvalue weighted by atomic mass is 32.2. The molecule has 1 amide bonds. The molecule has 0 saturated carbocycles. The largest absolute Gasteiger partial charge is 0.497 e. The molecule has 0 fully saturated rings. The monoisotopic (exact) mass is 474 g/mol. The minimum Gasteiger partial charge on any atom is -0.497 e. The van der Waals surface area contributed by atoms with Gasteiger partial charge >= 0.3 is 0 Å². The molecule has 0 radical (unpaired) electrons. The molecule has 0 unspecified atom stereocenters. The van der Waals surface area contributed by atoms with Gasteiger partial charge in [-0.15, -0.1) is 0 Å². The summed E-state index contributed by atoms with van der Waals surface area (Å²) in [5.41, 5.74) is 1.33. The minimum absolute atomic E-state index is 0.0948. The van der Waals surface area contributed by atoms with Crippen molar-refractivity contribution in [2.75, 3.05) is 24.5 Å². The number of carbonyl (C=O) groups excluding carboxylic acids is 1. The second-order valence-corrected chi connectivity index (χ2v) is 10.3. The maximum Gasteiger partial charge on any atom is 0.264 e. The molecule has 7 nitrogen and oxygen atoms in total. The Morgan fingerprint density at radius 1 is 1.21 bits per heavy atom. The van der Waals surface area contributed by atoms with Crippen molar-refractivity contribution in [2.24, 2.45) is 5.92 Å². The normalized spacial score (nSPS) is 16.5. The van der Waals surface area contributed by atoms with Crippen LogP contribution < -0.4 is 19.1 Å². The molecule has 1 aliphatic heterocycles. The van der Waals surface area contributed by atoms with E-state index >= 15 is 0 Å². The lowest BCUT2D eigenvalue weighted by atomic mass is 9.99. The zero-order valence-corrected chi connectivity index (χ0v) is 20.7. The van der Waals surface area contributed by atoms with Gasteiger partial charge in [-0.3, -0.25) is 9.10 Å². The van der Waals surface area contributed by atoms with E-state index in [9.17, 15) is 13.2 Å². The minimum atomic E-state index is -3.91. The van der Waals surface area contributed by atoms with E-state index in [0.29, 0.717) is 29.6 Å². The molecule has 2 atom stereocenters. The zero-order chi connectivity index (χ0) is 24.0. The molecule has 1 heterocycles. The Balaban J connectivity index is 1.85. The third-order valence-corrected chi connectivity index (χ3v) is 7.83. The van der Waals surface area contributed by atoms with Gasteiger partial charge in [0, 0.05) is 6.54 Å². The van der Waals surface area contributed by atoms with Crippen LogP contribution in [0.2, 0.25) is 0 Å². The average Bonchev–Trinajstić information content (AvgIpc) is 2.83. The fraction of sp³-hybridized carbons (Fsp3) is 0.480. The fourth-order valence-electron chi connectivity index (χ4n) is 3.90. The van der Waals surface area contributed by atoms with Crippen LogP contribution in [0.3, 0.4) is 0 Å². The number of nitrogens with one attached hydrogen (secondary N) is 1. The number of sulfonamides is 1. The van der Waals surface area contributed by atoms with Crippen LogP contribution in [0.4, 0.5) is 5.69 Å². The molecule has 0 aromatic heterocycles. The van der Waals surface area contributed by atoms with Gasteiger partial charge in [0.15, 0.2) is 6.10 Å². The Hall–Kier alpha value is -2.74. The number of hydrogen-bond donors (Lipinski definition) is 1. The fourth-order valence-corrected chi connectivity index (χ4v) is 5.37. The lowest BCUT2D eigenvalue weighted by Gasteiger charge is -2.35. The van der Waals surface area contributed by atoms with Crippen LogP contribution in [0.15, 0.2) is 47.4 Å². The maximum atomic E-state index is 13.6. The number of carbonyl (C=O) groups is 1. The van der Waals surface area contributed by atoms with Gasteiger partial charge in [-0.1, -0.05) is 39.2 Å². The summed E-state index contributed by atoms with van der Waals surface area (Å²) in [4.78, 5) is 13.1. The second kappa shape index (κ2) is 10.9. The smallest absolute Gasteiger partial charge is 0.264 e. The first-order valence-electron chi connectivity index (χ1n) is 11.5. The van der Waals surface area contributed by atoms with E-state index in [0.717, 1.165) is 31.2 Å². The van der Waals surface area contributed by atoms with Gasteiger partial charge < -0.3 is 14.8 Å². The number of aryl methyl sites for hydroxylation is 1. The number of unbranched alkanes of at least 4 members (excludes halogenated alkanes) is 1. The van der Waals surface area contributed by atoms with Crippen molar-refractivity contribution in [3.8, 4) is 11.5 Å². The van der Waals surface area contributed by atoms with Gasteiger partial charge in [0.25, 0.3) is 15.9 Å². The van der Waals surface area contributed by atoms with Gasteiger partial charge in [-0.2, -0.15) is 0 Å². The van der Waals surface area contributed by atoms with Crippen LogP contribution in [0.1, 0.15) is 45.1 Å². The number of fused-ring (bicyclic) bond motifs is 1. The van der Waals surface area contributed by atoms with Crippen LogP contribution in [0.5, 0.6) is 11.5 Å². The SMILES string of the molecule is CCCC[C@H](CC)CNC(=O)[C@H]1CN(S(=O)(=O)c2ccc(OC)cc2)c2cc(C)ccc2O1. The van der Waals surface area contributed by atoms with Crippen LogP contribution in [-0.4, -0.2) is 40.6 Å². The first-order chi connectivity index (χ1) is 15.8. The van der Waals surface area contributed by atoms with Crippen LogP contribution >= 0.6 is 0 Å². The lowest BCUT2D eigenvalue weighted by Crippen LogP contribution is -2.51. The van der Waals surface area contributed by atoms with Gasteiger partial charge in [-0.25, -0.2) is 8.42 Å². The van der Waals surface area contributed by atoms with E-state index in [1.54, 1.807) is 24.3 Å². The van der Waals surface area contributed by atoms with Crippen LogP contribution in [0.25, 0.3) is 0 Å². The Morgan fingerprint density at radius 3 is 2.58 bits per heavy atom. The summed E-state index contributed by atoms with van der Waals surface area (Å²) in [6, 6.07) is 11.6. The number of anilines is 1. The van der Waals surface area contributed by atoms with Gasteiger partial charge in [0.1, 0.15) is 11.5 Å². The average molecular weight is 475 g/mol. The summed E-state index contributed by atoms with van der Waals surface area (Å²) >= 11 is 0. The molecule has 2 aromatic rings. The summed E-state index contributed by atoms with van der Waals surface area (Å²) in [7, 11) is -2.39. The highest BCUT2D eigenvalue weighted by molar-refractivity contribution is 7.92. The predicted octanol–water partition coefficient (Wildman–Crippen LogP) is 4.29. The van der Waals surface area contributed by atoms with Gasteiger partial charge in [0.05, 0.1) is 24.2 Å². The molecule has 8 heteroatoms. The van der Waals surface area contributed by atoms with Crippen molar-refractivity contribution < 1.29 is 22.7 Å². The topological polar surface area (TPSA) is 84.9 Å². The van der Waals surface area contributed by atoms with Gasteiger partial charge in [0.2, 0.25) is 0 Å². The molecule has 1 aliphatic rings. The van der Waals surface area contributed by atoms with Crippen molar-refractivity contribution >= 4 is 21.6 Å². The van der Waals surface area contributed by atoms with Crippen molar-refractivity contribution in [2.45, 2.75) is 57.5 Å². The molecule has 2 aromatic carbocycles. The standard InChI is InChI=1S/C25H34N2O5S/c1-5-7-8-19(6-2)16-26-25(28)24-17-27(22-15-18(3)9-14-23(22)32-24)33(29,30)21-12-10-20(31-4)11-13-21/h9-15,19,24H,5-8,16-17H2,1-4H3,(H,26,28)/t19-,24+/m0/s1. The molecule has 180 valence electrons. The molecule has 1 N–H and O–H groups in total. The van der Waals surface area contributed by atoms with Crippen molar-refractivity contribution in [3.63, 3.8) is 0 Å². The molecular formula is C25H34N2O5S. The third kappa shape index (κ3) is 5.79. The first-order valence-corrected chi connectivity index (χ1v) is 13.0. The molecule has 0 aliphatic carbocycles. The van der Waals surface area contributed by atoms with E-state index in [1.807, 2.05) is 13.0 Å². The summed E-state index contributed by atoms with van der Waals surface area (Å²) in [6.07, 6.45) is 3.33. The number of benzene rings is 2. The first kappa shape index (κ1) is 24.9. The Labute approximate surface area is 197 Å². The van der Waals surface area contributed by atoms with Gasteiger partial charge in [-0.05, 0) is 61.2 Å². The van der Waals surface area contributed by atoms with Crippen LogP contribution in [-0.2, 0) is 14.8 Å². The zero-order valence-electron chi connectivity index (χ0n) is 19.8. The lowest BCUT2D eigenvalue weighted by molar-refractivity contribution is -0.127. The summed E-state index contributed by atoms with van der Waals surface area (Å²) in [5.74, 6) is 1.04. The second-order valence-electron chi connectivity index (χ2n) is 8.45. The number of amides is 1. The quantitative estimate of drug-likeness (QED) is 0.555. The van der Waals surface area contributed by atoms with E-state index in [-0.39, 0.29) is 17.3 Å². The number of ether oxygens (including phenoxy) is 2. The highest BCUT2D eigenvalue weighted by Crippen LogP contribution is 2.38. The van der Waals surface area contributed by atoms with E-state index in [1.165, 1.54) is 23.5 Å². The third-order valence-electron chi connectivity index (χ3n) is 6.03. The summed E-state index contributed by atoms with van der Waals surface area (Å²) < 4.78 is 39.5. The molecule has 3 rings (SSSR count). The number of nitrogens with zero attached hydrogens (tertiary/aromatic N) is 1. The number of hydrogen-bond acceptors (Lipinski definition) is 5. The number of methoxy groups -OCH3 is 1. The molecule has 0 bridgehead atoms. The van der Waals surface area contributed by atoms with E-state index in [4.69, 9.17) is 9.47 Å². The highest BCUT2D eigenvalue weighted by Gasteiger charge is 2.37.